The third-order valence-corrected chi connectivity index (χ3v) is 6.79. The zero-order valence-electron chi connectivity index (χ0n) is 18.2. The first-order valence-corrected chi connectivity index (χ1v) is 11.3. The average molecular weight is 485 g/mol. The minimum atomic E-state index is -0.720. The summed E-state index contributed by atoms with van der Waals surface area (Å²) >= 11 is 12.2. The van der Waals surface area contributed by atoms with Gasteiger partial charge in [0.25, 0.3) is 17.7 Å². The van der Waals surface area contributed by atoms with Crippen LogP contribution in [0, 0.1) is 25.7 Å². The standard InChI is InChI=1S/C25H22Cl2N2O4/c1-14-7-8-16(11-15(14)2)22(30)13-28(23(31)20-10-9-17(26)12-21(20)27)29-24(32)18-5-3-4-6-19(18)25(29)33/h3-4,7-12,18-19H,5-6,13H2,1-2H3/t18-,19+. The van der Waals surface area contributed by atoms with Gasteiger partial charge in [-0.1, -0.05) is 47.5 Å². The number of carbonyl (C=O) groups excluding carboxylic acids is 4. The molecule has 6 nitrogen and oxygen atoms in total. The molecule has 0 unspecified atom stereocenters. The van der Waals surface area contributed by atoms with Crippen molar-refractivity contribution in [3.63, 3.8) is 0 Å². The zero-order valence-corrected chi connectivity index (χ0v) is 19.7. The number of Topliss-reactive ketones (excluding diaryl/α,β-unsaturated/α-hetero) is 1. The number of ketones is 1. The molecule has 0 saturated carbocycles. The van der Waals surface area contributed by atoms with E-state index in [1.54, 1.807) is 12.1 Å². The number of carbonyl (C=O) groups is 4. The van der Waals surface area contributed by atoms with Crippen molar-refractivity contribution >= 4 is 46.7 Å². The number of hydrazine groups is 1. The van der Waals surface area contributed by atoms with Crippen LogP contribution in [-0.2, 0) is 9.59 Å². The molecule has 2 aliphatic rings. The molecule has 0 bridgehead atoms. The van der Waals surface area contributed by atoms with E-state index in [2.05, 4.69) is 0 Å². The number of nitrogens with zero attached hydrogens (tertiary/aromatic N) is 2. The molecule has 0 radical (unpaired) electrons. The van der Waals surface area contributed by atoms with Gasteiger partial charge in [-0.2, -0.15) is 5.01 Å². The minimum Gasteiger partial charge on any atom is -0.292 e. The summed E-state index contributed by atoms with van der Waals surface area (Å²) < 4.78 is 0. The molecule has 170 valence electrons. The highest BCUT2D eigenvalue weighted by molar-refractivity contribution is 6.36. The summed E-state index contributed by atoms with van der Waals surface area (Å²) in [6.07, 6.45) is 4.55. The monoisotopic (exact) mass is 484 g/mol. The first-order chi connectivity index (χ1) is 15.7. The van der Waals surface area contributed by atoms with Crippen molar-refractivity contribution in [3.05, 3.63) is 80.8 Å². The SMILES string of the molecule is Cc1ccc(C(=O)CN(C(=O)c2ccc(Cl)cc2Cl)N2C(=O)[C@H]3CC=CC[C@H]3C2=O)cc1C. The molecule has 0 N–H and O–H groups in total. The Hall–Kier alpha value is -2.96. The number of rotatable bonds is 5. The Morgan fingerprint density at radius 3 is 2.15 bits per heavy atom. The van der Waals surface area contributed by atoms with Gasteiger partial charge in [-0.05, 0) is 62.1 Å². The van der Waals surface area contributed by atoms with E-state index in [-0.39, 0.29) is 10.6 Å². The smallest absolute Gasteiger partial charge is 0.274 e. The van der Waals surface area contributed by atoms with Gasteiger partial charge in [0, 0.05) is 10.6 Å². The van der Waals surface area contributed by atoms with Crippen LogP contribution in [0.25, 0.3) is 0 Å². The summed E-state index contributed by atoms with van der Waals surface area (Å²) in [6.45, 7) is 3.33. The van der Waals surface area contributed by atoms with Crippen LogP contribution >= 0.6 is 23.2 Å². The van der Waals surface area contributed by atoms with Gasteiger partial charge in [0.2, 0.25) is 0 Å². The summed E-state index contributed by atoms with van der Waals surface area (Å²) in [4.78, 5) is 53.1. The number of hydrogen-bond acceptors (Lipinski definition) is 4. The number of fused-ring (bicyclic) bond motifs is 1. The molecule has 1 heterocycles. The molecular formula is C25H22Cl2N2O4. The Bertz CT molecular complexity index is 1180. The lowest BCUT2D eigenvalue weighted by atomic mass is 9.85. The Labute approximate surface area is 201 Å². The molecule has 8 heteroatoms. The zero-order chi connectivity index (χ0) is 23.9. The van der Waals surface area contributed by atoms with E-state index in [0.717, 1.165) is 21.1 Å². The lowest BCUT2D eigenvalue weighted by molar-refractivity contribution is -0.154. The number of halogens is 2. The quantitative estimate of drug-likeness (QED) is 0.347. The average Bonchev–Trinajstić information content (AvgIpc) is 3.04. The lowest BCUT2D eigenvalue weighted by Crippen LogP contribution is -2.52. The fourth-order valence-corrected chi connectivity index (χ4v) is 4.69. The summed E-state index contributed by atoms with van der Waals surface area (Å²) in [6, 6.07) is 9.52. The van der Waals surface area contributed by atoms with E-state index < -0.39 is 41.9 Å². The van der Waals surface area contributed by atoms with Gasteiger partial charge in [-0.25, -0.2) is 5.01 Å². The van der Waals surface area contributed by atoms with Gasteiger partial charge in [0.15, 0.2) is 5.78 Å². The molecule has 33 heavy (non-hydrogen) atoms. The minimum absolute atomic E-state index is 0.0440. The maximum absolute atomic E-state index is 13.5. The number of imide groups is 1. The molecule has 4 rings (SSSR count). The fraction of sp³-hybridized carbons (Fsp3) is 0.280. The number of allylic oxidation sites excluding steroid dienone is 2. The molecule has 0 spiro atoms. The van der Waals surface area contributed by atoms with E-state index in [9.17, 15) is 19.2 Å². The Morgan fingerprint density at radius 2 is 1.58 bits per heavy atom. The van der Waals surface area contributed by atoms with Crippen molar-refractivity contribution in [2.45, 2.75) is 26.7 Å². The summed E-state index contributed by atoms with van der Waals surface area (Å²) in [5, 5.41) is 2.17. The Morgan fingerprint density at radius 1 is 0.939 bits per heavy atom. The Balaban J connectivity index is 1.72. The van der Waals surface area contributed by atoms with E-state index in [1.165, 1.54) is 18.2 Å². The van der Waals surface area contributed by atoms with Crippen LogP contribution < -0.4 is 0 Å². The summed E-state index contributed by atoms with van der Waals surface area (Å²) in [7, 11) is 0. The predicted molar refractivity (Wildman–Crippen MR) is 125 cm³/mol. The molecule has 1 fully saturated rings. The second-order valence-electron chi connectivity index (χ2n) is 8.35. The van der Waals surface area contributed by atoms with Crippen LogP contribution in [0.15, 0.2) is 48.6 Å². The molecule has 3 amide bonds. The topological polar surface area (TPSA) is 74.8 Å². The van der Waals surface area contributed by atoms with Crippen molar-refractivity contribution in [2.75, 3.05) is 6.54 Å². The lowest BCUT2D eigenvalue weighted by Gasteiger charge is -2.30. The molecule has 1 aliphatic carbocycles. The molecule has 1 saturated heterocycles. The largest absolute Gasteiger partial charge is 0.292 e. The number of hydrogen-bond donors (Lipinski definition) is 0. The van der Waals surface area contributed by atoms with Crippen LogP contribution in [0.4, 0.5) is 0 Å². The number of aryl methyl sites for hydroxylation is 2. The molecule has 1 aliphatic heterocycles. The van der Waals surface area contributed by atoms with Gasteiger partial charge in [-0.15, -0.1) is 0 Å². The Kier molecular flexibility index (Phi) is 6.41. The molecular weight excluding hydrogens is 463 g/mol. The van der Waals surface area contributed by atoms with Crippen molar-refractivity contribution in [3.8, 4) is 0 Å². The third kappa shape index (κ3) is 4.33. The van der Waals surface area contributed by atoms with E-state index in [0.29, 0.717) is 23.4 Å². The van der Waals surface area contributed by atoms with Crippen LogP contribution in [0.1, 0.15) is 44.7 Å². The van der Waals surface area contributed by atoms with Gasteiger partial charge < -0.3 is 0 Å². The number of amides is 3. The van der Waals surface area contributed by atoms with Crippen LogP contribution in [0.3, 0.4) is 0 Å². The van der Waals surface area contributed by atoms with Crippen LogP contribution in [0.5, 0.6) is 0 Å². The van der Waals surface area contributed by atoms with Gasteiger partial charge in [0.05, 0.1) is 22.4 Å². The predicted octanol–water partition coefficient (Wildman–Crippen LogP) is 4.80. The van der Waals surface area contributed by atoms with Crippen molar-refractivity contribution in [1.29, 1.82) is 0 Å². The molecule has 2 aromatic carbocycles. The highest BCUT2D eigenvalue weighted by atomic mass is 35.5. The third-order valence-electron chi connectivity index (χ3n) is 6.24. The van der Waals surface area contributed by atoms with E-state index in [1.807, 2.05) is 32.1 Å². The van der Waals surface area contributed by atoms with Crippen LogP contribution in [-0.4, -0.2) is 40.1 Å². The molecule has 0 aromatic heterocycles. The highest BCUT2D eigenvalue weighted by Gasteiger charge is 2.51. The van der Waals surface area contributed by atoms with Crippen molar-refractivity contribution < 1.29 is 19.2 Å². The van der Waals surface area contributed by atoms with Gasteiger partial charge in [0.1, 0.15) is 6.54 Å². The first-order valence-electron chi connectivity index (χ1n) is 10.6. The fourth-order valence-electron chi connectivity index (χ4n) is 4.20. The van der Waals surface area contributed by atoms with E-state index in [4.69, 9.17) is 23.2 Å². The van der Waals surface area contributed by atoms with Crippen molar-refractivity contribution in [2.24, 2.45) is 11.8 Å². The molecule has 2 atom stereocenters. The van der Waals surface area contributed by atoms with Gasteiger partial charge >= 0.3 is 0 Å². The van der Waals surface area contributed by atoms with Gasteiger partial charge in [-0.3, -0.25) is 19.2 Å². The van der Waals surface area contributed by atoms with E-state index >= 15 is 0 Å². The highest BCUT2D eigenvalue weighted by Crippen LogP contribution is 2.36. The normalized spacial score (nSPS) is 19.6. The first kappa shape index (κ1) is 23.2. The number of benzene rings is 2. The van der Waals surface area contributed by atoms with Crippen molar-refractivity contribution in [1.82, 2.24) is 10.0 Å². The van der Waals surface area contributed by atoms with Crippen LogP contribution in [0.2, 0.25) is 10.0 Å². The second-order valence-corrected chi connectivity index (χ2v) is 9.20. The summed E-state index contributed by atoms with van der Waals surface area (Å²) in [5.41, 5.74) is 2.37. The molecule has 2 aromatic rings. The summed E-state index contributed by atoms with van der Waals surface area (Å²) in [5.74, 6) is -3.18. The maximum Gasteiger partial charge on any atom is 0.274 e. The maximum atomic E-state index is 13.5. The second kappa shape index (κ2) is 9.12.